The Kier molecular flexibility index (Phi) is 5.14. The molecule has 122 valence electrons. The van der Waals surface area contributed by atoms with Crippen molar-refractivity contribution in [2.75, 3.05) is 11.5 Å². The highest BCUT2D eigenvalue weighted by atomic mass is 79.9. The molecule has 1 amide bonds. The minimum atomic E-state index is -1.80. The second-order valence-electron chi connectivity index (χ2n) is 7.35. The van der Waals surface area contributed by atoms with Crippen molar-refractivity contribution in [3.8, 4) is 0 Å². The lowest BCUT2D eigenvalue weighted by atomic mass is 10.2. The van der Waals surface area contributed by atoms with Crippen molar-refractivity contribution in [1.82, 2.24) is 4.98 Å². The first kappa shape index (κ1) is 17.6. The monoisotopic (exact) mass is 384 g/mol. The predicted octanol–water partition coefficient (Wildman–Crippen LogP) is 4.36. The van der Waals surface area contributed by atoms with E-state index in [-0.39, 0.29) is 17.0 Å². The molecule has 0 aromatic carbocycles. The molecule has 2 rings (SSSR count). The molecule has 2 heterocycles. The van der Waals surface area contributed by atoms with Gasteiger partial charge in [0.25, 0.3) is 0 Å². The van der Waals surface area contributed by atoms with Gasteiger partial charge in [-0.15, -0.1) is 0 Å². The van der Waals surface area contributed by atoms with Crippen LogP contribution in [0.3, 0.4) is 0 Å². The molecule has 1 unspecified atom stereocenters. The highest BCUT2D eigenvalue weighted by Gasteiger charge is 2.40. The molecule has 4 nitrogen and oxygen atoms in total. The third kappa shape index (κ3) is 3.78. The fourth-order valence-electron chi connectivity index (χ4n) is 2.27. The van der Waals surface area contributed by atoms with Crippen molar-refractivity contribution >= 4 is 36.0 Å². The Morgan fingerprint density at radius 2 is 2.09 bits per heavy atom. The van der Waals surface area contributed by atoms with Gasteiger partial charge in [0.15, 0.2) is 8.32 Å². The molecule has 1 atom stereocenters. The maximum absolute atomic E-state index is 12.2. The van der Waals surface area contributed by atoms with Gasteiger partial charge in [-0.05, 0) is 52.6 Å². The summed E-state index contributed by atoms with van der Waals surface area (Å²) in [5, 5.41) is 0.175. The molecule has 0 bridgehead atoms. The summed E-state index contributed by atoms with van der Waals surface area (Å²) < 4.78 is 7.06. The molecule has 1 saturated heterocycles. The number of aromatic nitrogens is 1. The zero-order valence-electron chi connectivity index (χ0n) is 14.0. The number of carbonyl (C=O) groups is 1. The summed E-state index contributed by atoms with van der Waals surface area (Å²) in [4.78, 5) is 18.5. The topological polar surface area (TPSA) is 42.4 Å². The second kappa shape index (κ2) is 6.41. The number of carbonyl (C=O) groups excluding carboxylic acids is 1. The van der Waals surface area contributed by atoms with Crippen LogP contribution in [0.25, 0.3) is 0 Å². The van der Waals surface area contributed by atoms with Crippen molar-refractivity contribution in [1.29, 1.82) is 0 Å². The Morgan fingerprint density at radius 3 is 2.68 bits per heavy atom. The van der Waals surface area contributed by atoms with E-state index in [9.17, 15) is 4.79 Å². The minimum absolute atomic E-state index is 0.0865. The second-order valence-corrected chi connectivity index (χ2v) is 13.0. The van der Waals surface area contributed by atoms with Crippen LogP contribution in [-0.4, -0.2) is 31.9 Å². The largest absolute Gasteiger partial charge is 0.415 e. The third-order valence-corrected chi connectivity index (χ3v) is 9.66. The van der Waals surface area contributed by atoms with E-state index in [2.05, 4.69) is 54.8 Å². The molecule has 0 radical (unpaired) electrons. The van der Waals surface area contributed by atoms with Crippen LogP contribution in [0, 0.1) is 0 Å². The van der Waals surface area contributed by atoms with Crippen molar-refractivity contribution in [2.24, 2.45) is 0 Å². The van der Waals surface area contributed by atoms with Crippen LogP contribution in [0.15, 0.2) is 22.8 Å². The Hall–Kier alpha value is -0.723. The predicted molar refractivity (Wildman–Crippen MR) is 95.6 cm³/mol. The van der Waals surface area contributed by atoms with E-state index in [1.165, 1.54) is 0 Å². The van der Waals surface area contributed by atoms with Gasteiger partial charge >= 0.3 is 0 Å². The van der Waals surface area contributed by atoms with Crippen LogP contribution in [-0.2, 0) is 9.22 Å². The van der Waals surface area contributed by atoms with Crippen LogP contribution in [0.4, 0.5) is 5.82 Å². The van der Waals surface area contributed by atoms with Gasteiger partial charge < -0.3 is 4.43 Å². The van der Waals surface area contributed by atoms with Crippen LogP contribution in [0.5, 0.6) is 0 Å². The Morgan fingerprint density at radius 1 is 1.41 bits per heavy atom. The van der Waals surface area contributed by atoms with Crippen LogP contribution < -0.4 is 4.90 Å². The van der Waals surface area contributed by atoms with Crippen molar-refractivity contribution in [2.45, 2.75) is 57.8 Å². The van der Waals surface area contributed by atoms with E-state index in [1.807, 2.05) is 18.2 Å². The fraction of sp³-hybridized carbons (Fsp3) is 0.625. The molecule has 0 spiro atoms. The summed E-state index contributed by atoms with van der Waals surface area (Å²) in [6, 6.07) is 5.74. The third-order valence-electron chi connectivity index (χ3n) is 4.72. The number of nitrogens with zero attached hydrogens (tertiary/aromatic N) is 2. The number of hydrogen-bond acceptors (Lipinski definition) is 3. The lowest BCUT2D eigenvalue weighted by Gasteiger charge is -2.37. The van der Waals surface area contributed by atoms with Gasteiger partial charge in [0.2, 0.25) is 5.91 Å². The maximum Gasteiger partial charge on any atom is 0.228 e. The summed E-state index contributed by atoms with van der Waals surface area (Å²) in [6.07, 6.45) is 1.40. The minimum Gasteiger partial charge on any atom is -0.415 e. The zero-order chi connectivity index (χ0) is 16.5. The number of hydrogen-bond donors (Lipinski definition) is 0. The summed E-state index contributed by atoms with van der Waals surface area (Å²) in [7, 11) is -1.80. The number of anilines is 1. The van der Waals surface area contributed by atoms with E-state index in [4.69, 9.17) is 4.43 Å². The van der Waals surface area contributed by atoms with E-state index in [0.717, 1.165) is 11.0 Å². The Labute approximate surface area is 142 Å². The first-order valence-electron chi connectivity index (χ1n) is 7.70. The van der Waals surface area contributed by atoms with E-state index in [0.29, 0.717) is 18.8 Å². The van der Waals surface area contributed by atoms with Gasteiger partial charge in [0, 0.05) is 6.42 Å². The van der Waals surface area contributed by atoms with Crippen molar-refractivity contribution in [3.63, 3.8) is 0 Å². The summed E-state index contributed by atoms with van der Waals surface area (Å²) >= 11 is 3.37. The Bertz CT molecular complexity index is 557. The van der Waals surface area contributed by atoms with Crippen LogP contribution in [0.1, 0.15) is 33.6 Å². The lowest BCUT2D eigenvalue weighted by molar-refractivity contribution is -0.117. The van der Waals surface area contributed by atoms with Gasteiger partial charge in [0.05, 0.1) is 12.6 Å². The Balaban J connectivity index is 2.12. The van der Waals surface area contributed by atoms with Gasteiger partial charge in [-0.2, -0.15) is 0 Å². The average molecular weight is 385 g/mol. The van der Waals surface area contributed by atoms with Gasteiger partial charge in [-0.25, -0.2) is 4.98 Å². The molecule has 22 heavy (non-hydrogen) atoms. The summed E-state index contributed by atoms with van der Waals surface area (Å²) in [5.74, 6) is 0.843. The lowest BCUT2D eigenvalue weighted by Crippen LogP contribution is -2.45. The van der Waals surface area contributed by atoms with E-state index < -0.39 is 8.32 Å². The molecule has 1 aliphatic rings. The smallest absolute Gasteiger partial charge is 0.228 e. The highest BCUT2D eigenvalue weighted by Crippen LogP contribution is 2.37. The number of amides is 1. The number of pyridine rings is 1. The van der Waals surface area contributed by atoms with Crippen LogP contribution in [0.2, 0.25) is 18.1 Å². The number of rotatable bonds is 4. The van der Waals surface area contributed by atoms with Crippen molar-refractivity contribution in [3.05, 3.63) is 22.8 Å². The first-order valence-corrected chi connectivity index (χ1v) is 11.4. The maximum atomic E-state index is 12.2. The van der Waals surface area contributed by atoms with E-state index >= 15 is 0 Å². The van der Waals surface area contributed by atoms with Gasteiger partial charge in [-0.3, -0.25) is 9.69 Å². The van der Waals surface area contributed by atoms with E-state index in [1.54, 1.807) is 4.90 Å². The van der Waals surface area contributed by atoms with Gasteiger partial charge in [0.1, 0.15) is 10.4 Å². The normalized spacial score (nSPS) is 19.8. The molecule has 1 fully saturated rings. The summed E-state index contributed by atoms with van der Waals surface area (Å²) in [6.45, 7) is 11.8. The standard InChI is InChI=1S/C16H25BrN2O2Si/c1-16(2,3)22(4,5)21-11-12-9-10-15(20)19(12)14-8-6-7-13(17)18-14/h6-8,12H,9-11H2,1-5H3. The average Bonchev–Trinajstić information content (AvgIpc) is 2.76. The molecule has 1 aliphatic heterocycles. The zero-order valence-corrected chi connectivity index (χ0v) is 16.6. The SMILES string of the molecule is CC(C)(C)[Si](C)(C)OCC1CCC(=O)N1c1cccc(Br)n1. The fourth-order valence-corrected chi connectivity index (χ4v) is 3.65. The molecule has 1 aromatic rings. The number of halogens is 1. The first-order chi connectivity index (χ1) is 10.1. The summed E-state index contributed by atoms with van der Waals surface area (Å²) in [5.41, 5.74) is 0. The molecule has 0 N–H and O–H groups in total. The molecule has 0 saturated carbocycles. The van der Waals surface area contributed by atoms with Gasteiger partial charge in [-0.1, -0.05) is 26.8 Å². The molecular weight excluding hydrogens is 360 g/mol. The molecule has 0 aliphatic carbocycles. The molecular formula is C16H25BrN2O2Si. The molecule has 1 aromatic heterocycles. The van der Waals surface area contributed by atoms with Crippen LogP contribution >= 0.6 is 15.9 Å². The highest BCUT2D eigenvalue weighted by molar-refractivity contribution is 9.10. The van der Waals surface area contributed by atoms with Crippen molar-refractivity contribution < 1.29 is 9.22 Å². The molecule has 6 heteroatoms. The quantitative estimate of drug-likeness (QED) is 0.571.